The average Bonchev–Trinajstić information content (AvgIpc) is 2.46. The van der Waals surface area contributed by atoms with Crippen molar-refractivity contribution in [3.63, 3.8) is 0 Å². The van der Waals surface area contributed by atoms with E-state index in [1.165, 1.54) is 4.88 Å². The highest BCUT2D eigenvalue weighted by Gasteiger charge is 2.11. The van der Waals surface area contributed by atoms with Crippen molar-refractivity contribution in [2.45, 2.75) is 40.2 Å². The summed E-state index contributed by atoms with van der Waals surface area (Å²) in [6.45, 7) is 8.76. The smallest absolute Gasteiger partial charge is 0.183 e. The quantitative estimate of drug-likeness (QED) is 0.803. The third-order valence-corrected chi connectivity index (χ3v) is 3.02. The molecule has 3 heteroatoms. The minimum Gasteiger partial charge on any atom is -0.359 e. The third kappa shape index (κ3) is 2.99. The van der Waals surface area contributed by atoms with E-state index in [9.17, 15) is 0 Å². The molecule has 1 aromatic heterocycles. The monoisotopic (exact) mass is 198 g/mol. The maximum Gasteiger partial charge on any atom is 0.183 e. The summed E-state index contributed by atoms with van der Waals surface area (Å²) in [5.74, 6) is 0.661. The molecule has 1 atom stereocenters. The number of aryl methyl sites for hydroxylation is 1. The molecule has 2 nitrogen and oxygen atoms in total. The zero-order valence-electron chi connectivity index (χ0n) is 8.79. The van der Waals surface area contributed by atoms with E-state index in [2.05, 4.69) is 38.0 Å². The van der Waals surface area contributed by atoms with Gasteiger partial charge >= 0.3 is 0 Å². The molecule has 1 aromatic rings. The van der Waals surface area contributed by atoms with Crippen LogP contribution in [0.4, 0.5) is 5.13 Å². The minimum atomic E-state index is 0.547. The second kappa shape index (κ2) is 4.61. The normalized spacial score (nSPS) is 13.3. The lowest BCUT2D eigenvalue weighted by Crippen LogP contribution is -2.24. The molecule has 0 aliphatic carbocycles. The Morgan fingerprint density at radius 1 is 1.54 bits per heavy atom. The molecule has 1 unspecified atom stereocenters. The van der Waals surface area contributed by atoms with Crippen molar-refractivity contribution in [3.8, 4) is 0 Å². The van der Waals surface area contributed by atoms with Crippen molar-refractivity contribution < 1.29 is 0 Å². The van der Waals surface area contributed by atoms with Gasteiger partial charge in [0.15, 0.2) is 5.13 Å². The number of thiazole rings is 1. The molecule has 74 valence electrons. The highest BCUT2D eigenvalue weighted by atomic mass is 32.1. The second-order valence-corrected chi connectivity index (χ2v) is 4.91. The van der Waals surface area contributed by atoms with Crippen LogP contribution in [-0.2, 0) is 0 Å². The SMILES string of the molecule is CCC(Nc1ncc(C)s1)C(C)C. The van der Waals surface area contributed by atoms with Gasteiger partial charge < -0.3 is 5.32 Å². The molecule has 0 bridgehead atoms. The molecular formula is C10H18N2S. The Kier molecular flexibility index (Phi) is 3.72. The first kappa shape index (κ1) is 10.5. The lowest BCUT2D eigenvalue weighted by Gasteiger charge is -2.19. The molecule has 0 saturated heterocycles. The number of hydrogen-bond acceptors (Lipinski definition) is 3. The van der Waals surface area contributed by atoms with E-state index in [-0.39, 0.29) is 0 Å². The maximum atomic E-state index is 4.29. The first-order valence-electron chi connectivity index (χ1n) is 4.82. The van der Waals surface area contributed by atoms with Gasteiger partial charge in [0.2, 0.25) is 0 Å². The average molecular weight is 198 g/mol. The van der Waals surface area contributed by atoms with Crippen LogP contribution in [0.25, 0.3) is 0 Å². The van der Waals surface area contributed by atoms with Gasteiger partial charge in [0.1, 0.15) is 0 Å². The Hall–Kier alpha value is -0.570. The number of anilines is 1. The zero-order valence-corrected chi connectivity index (χ0v) is 9.61. The Morgan fingerprint density at radius 3 is 2.62 bits per heavy atom. The van der Waals surface area contributed by atoms with Crippen LogP contribution in [0.5, 0.6) is 0 Å². The van der Waals surface area contributed by atoms with Crippen molar-refractivity contribution >= 4 is 16.5 Å². The molecular weight excluding hydrogens is 180 g/mol. The van der Waals surface area contributed by atoms with Crippen molar-refractivity contribution in [3.05, 3.63) is 11.1 Å². The fraction of sp³-hybridized carbons (Fsp3) is 0.700. The highest BCUT2D eigenvalue weighted by molar-refractivity contribution is 7.15. The highest BCUT2D eigenvalue weighted by Crippen LogP contribution is 2.20. The first-order valence-corrected chi connectivity index (χ1v) is 5.64. The van der Waals surface area contributed by atoms with E-state index in [1.807, 2.05) is 6.20 Å². The lowest BCUT2D eigenvalue weighted by atomic mass is 10.0. The van der Waals surface area contributed by atoms with Crippen LogP contribution in [0.3, 0.4) is 0 Å². The van der Waals surface area contributed by atoms with Crippen molar-refractivity contribution in [2.75, 3.05) is 5.32 Å². The molecule has 13 heavy (non-hydrogen) atoms. The summed E-state index contributed by atoms with van der Waals surface area (Å²) in [6, 6.07) is 0.547. The summed E-state index contributed by atoms with van der Waals surface area (Å²) in [5, 5.41) is 4.51. The van der Waals surface area contributed by atoms with Crippen LogP contribution in [-0.4, -0.2) is 11.0 Å². The summed E-state index contributed by atoms with van der Waals surface area (Å²) in [5.41, 5.74) is 0. The van der Waals surface area contributed by atoms with Crippen LogP contribution in [0.2, 0.25) is 0 Å². The predicted molar refractivity (Wildman–Crippen MR) is 59.4 cm³/mol. The second-order valence-electron chi connectivity index (χ2n) is 3.68. The van der Waals surface area contributed by atoms with Gasteiger partial charge in [0.25, 0.3) is 0 Å². The minimum absolute atomic E-state index is 0.547. The van der Waals surface area contributed by atoms with Gasteiger partial charge in [-0.2, -0.15) is 0 Å². The Bertz CT molecular complexity index is 255. The van der Waals surface area contributed by atoms with E-state index >= 15 is 0 Å². The standard InChI is InChI=1S/C10H18N2S/c1-5-9(7(2)3)12-10-11-6-8(4)13-10/h6-7,9H,5H2,1-4H3,(H,11,12). The van der Waals surface area contributed by atoms with Gasteiger partial charge in [-0.05, 0) is 19.3 Å². The largest absolute Gasteiger partial charge is 0.359 e. The fourth-order valence-electron chi connectivity index (χ4n) is 1.32. The van der Waals surface area contributed by atoms with Gasteiger partial charge in [-0.3, -0.25) is 0 Å². The number of aromatic nitrogens is 1. The van der Waals surface area contributed by atoms with Crippen LogP contribution in [0.1, 0.15) is 32.1 Å². The van der Waals surface area contributed by atoms with Gasteiger partial charge in [-0.25, -0.2) is 4.98 Å². The summed E-state index contributed by atoms with van der Waals surface area (Å²) in [4.78, 5) is 5.56. The van der Waals surface area contributed by atoms with Gasteiger partial charge in [-0.15, -0.1) is 11.3 Å². The number of hydrogen-bond donors (Lipinski definition) is 1. The fourth-order valence-corrected chi connectivity index (χ4v) is 2.05. The third-order valence-electron chi connectivity index (χ3n) is 2.17. The van der Waals surface area contributed by atoms with Crippen LogP contribution in [0, 0.1) is 12.8 Å². The van der Waals surface area contributed by atoms with Crippen LogP contribution < -0.4 is 5.32 Å². The molecule has 0 aliphatic heterocycles. The van der Waals surface area contributed by atoms with E-state index in [1.54, 1.807) is 11.3 Å². The molecule has 0 fully saturated rings. The molecule has 0 saturated carbocycles. The Labute approximate surface area is 84.4 Å². The molecule has 1 heterocycles. The molecule has 1 rings (SSSR count). The van der Waals surface area contributed by atoms with Gasteiger partial charge in [0, 0.05) is 17.1 Å². The van der Waals surface area contributed by atoms with Crippen LogP contribution >= 0.6 is 11.3 Å². The first-order chi connectivity index (χ1) is 6.13. The summed E-state index contributed by atoms with van der Waals surface area (Å²) >= 11 is 1.73. The van der Waals surface area contributed by atoms with E-state index in [0.717, 1.165) is 11.6 Å². The van der Waals surface area contributed by atoms with E-state index < -0.39 is 0 Å². The number of rotatable bonds is 4. The van der Waals surface area contributed by atoms with Gasteiger partial charge in [0.05, 0.1) is 0 Å². The van der Waals surface area contributed by atoms with Crippen molar-refractivity contribution in [1.29, 1.82) is 0 Å². The van der Waals surface area contributed by atoms with Crippen LogP contribution in [0.15, 0.2) is 6.20 Å². The van der Waals surface area contributed by atoms with E-state index in [0.29, 0.717) is 12.0 Å². The molecule has 1 N–H and O–H groups in total. The molecule has 0 radical (unpaired) electrons. The van der Waals surface area contributed by atoms with E-state index in [4.69, 9.17) is 0 Å². The molecule has 0 aromatic carbocycles. The molecule has 0 aliphatic rings. The maximum absolute atomic E-state index is 4.29. The summed E-state index contributed by atoms with van der Waals surface area (Å²) in [6.07, 6.45) is 3.07. The number of nitrogens with zero attached hydrogens (tertiary/aromatic N) is 1. The Balaban J connectivity index is 2.56. The summed E-state index contributed by atoms with van der Waals surface area (Å²) in [7, 11) is 0. The topological polar surface area (TPSA) is 24.9 Å². The van der Waals surface area contributed by atoms with Crippen molar-refractivity contribution in [1.82, 2.24) is 4.98 Å². The molecule has 0 spiro atoms. The van der Waals surface area contributed by atoms with Crippen molar-refractivity contribution in [2.24, 2.45) is 5.92 Å². The predicted octanol–water partition coefficient (Wildman–Crippen LogP) is 3.30. The number of nitrogens with one attached hydrogen (secondary N) is 1. The lowest BCUT2D eigenvalue weighted by molar-refractivity contribution is 0.511. The Morgan fingerprint density at radius 2 is 2.23 bits per heavy atom. The molecule has 0 amide bonds. The summed E-state index contributed by atoms with van der Waals surface area (Å²) < 4.78 is 0. The van der Waals surface area contributed by atoms with Gasteiger partial charge in [-0.1, -0.05) is 20.8 Å². The zero-order chi connectivity index (χ0) is 9.84.